The number of H-pyrrole nitrogens is 1. The zero-order valence-corrected chi connectivity index (χ0v) is 15.5. The summed E-state index contributed by atoms with van der Waals surface area (Å²) in [7, 11) is 0. The zero-order valence-electron chi connectivity index (χ0n) is 14.0. The molecule has 0 bridgehead atoms. The zero-order chi connectivity index (χ0) is 18.7. The van der Waals surface area contributed by atoms with E-state index < -0.39 is 6.04 Å². The number of aliphatic hydroxyl groups excluding tert-OH is 1. The lowest BCUT2D eigenvalue weighted by Crippen LogP contribution is -2.31. The van der Waals surface area contributed by atoms with Crippen molar-refractivity contribution in [2.45, 2.75) is 13.0 Å². The number of pyridine rings is 1. The van der Waals surface area contributed by atoms with E-state index in [0.717, 1.165) is 22.3 Å². The van der Waals surface area contributed by atoms with E-state index in [9.17, 15) is 9.90 Å². The van der Waals surface area contributed by atoms with Crippen LogP contribution < -0.4 is 5.32 Å². The molecule has 2 heterocycles. The van der Waals surface area contributed by atoms with Crippen LogP contribution in [-0.4, -0.2) is 27.6 Å². The molecule has 26 heavy (non-hydrogen) atoms. The lowest BCUT2D eigenvalue weighted by Gasteiger charge is -2.16. The number of rotatable bonds is 5. The first-order valence-corrected chi connectivity index (χ1v) is 8.71. The molecule has 1 atom stereocenters. The van der Waals surface area contributed by atoms with Crippen molar-refractivity contribution in [2.75, 3.05) is 6.61 Å². The molecule has 134 valence electrons. The maximum absolute atomic E-state index is 12.5. The molecule has 0 spiro atoms. The van der Waals surface area contributed by atoms with Gasteiger partial charge in [0.25, 0.3) is 5.91 Å². The summed E-state index contributed by atoms with van der Waals surface area (Å²) in [5.74, 6) is -0.326. The van der Waals surface area contributed by atoms with Gasteiger partial charge in [0.2, 0.25) is 0 Å². The van der Waals surface area contributed by atoms with Crippen LogP contribution in [0.3, 0.4) is 0 Å². The van der Waals surface area contributed by atoms with E-state index in [2.05, 4.69) is 15.3 Å². The molecule has 1 unspecified atom stereocenters. The van der Waals surface area contributed by atoms with Gasteiger partial charge in [0.15, 0.2) is 0 Å². The van der Waals surface area contributed by atoms with E-state index >= 15 is 0 Å². The third kappa shape index (κ3) is 4.07. The Labute approximate surface area is 161 Å². The summed E-state index contributed by atoms with van der Waals surface area (Å²) < 4.78 is 0. The van der Waals surface area contributed by atoms with Crippen molar-refractivity contribution < 1.29 is 9.90 Å². The Bertz CT molecular complexity index is 940. The first kappa shape index (κ1) is 18.5. The quantitative estimate of drug-likeness (QED) is 0.573. The Morgan fingerprint density at radius 1 is 1.31 bits per heavy atom. The van der Waals surface area contributed by atoms with E-state index in [1.165, 1.54) is 0 Å². The highest BCUT2D eigenvalue weighted by atomic mass is 35.5. The van der Waals surface area contributed by atoms with Crippen molar-refractivity contribution in [2.24, 2.45) is 0 Å². The topological polar surface area (TPSA) is 78.0 Å². The van der Waals surface area contributed by atoms with E-state index in [0.29, 0.717) is 15.9 Å². The van der Waals surface area contributed by atoms with E-state index in [-0.39, 0.29) is 12.5 Å². The Morgan fingerprint density at radius 2 is 2.12 bits per heavy atom. The summed E-state index contributed by atoms with van der Waals surface area (Å²) in [6.45, 7) is 1.69. The largest absolute Gasteiger partial charge is 0.394 e. The molecule has 0 aliphatic carbocycles. The molecule has 3 N–H and O–H groups in total. The number of nitrogens with zero attached hydrogens (tertiary/aromatic N) is 1. The van der Waals surface area contributed by atoms with Gasteiger partial charge in [-0.25, -0.2) is 4.98 Å². The van der Waals surface area contributed by atoms with Crippen molar-refractivity contribution in [3.8, 4) is 11.1 Å². The van der Waals surface area contributed by atoms with Gasteiger partial charge in [-0.15, -0.1) is 0 Å². The van der Waals surface area contributed by atoms with Crippen molar-refractivity contribution >= 4 is 29.1 Å². The van der Waals surface area contributed by atoms with Crippen LogP contribution in [0.4, 0.5) is 0 Å². The summed E-state index contributed by atoms with van der Waals surface area (Å²) in [4.78, 5) is 19.5. The molecular formula is C19H17Cl2N3O2. The second kappa shape index (κ2) is 7.91. The van der Waals surface area contributed by atoms with E-state index in [1.807, 2.05) is 6.92 Å². The SMILES string of the molecule is Cc1cnc(Cl)cc1-c1c[nH]c(C(=O)NC(CO)c2cccc(Cl)c2)c1. The van der Waals surface area contributed by atoms with Gasteiger partial charge in [-0.1, -0.05) is 35.3 Å². The molecule has 0 saturated carbocycles. The lowest BCUT2D eigenvalue weighted by molar-refractivity contribution is 0.0912. The van der Waals surface area contributed by atoms with Gasteiger partial charge in [-0.05, 0) is 47.9 Å². The van der Waals surface area contributed by atoms with Gasteiger partial charge >= 0.3 is 0 Å². The standard InChI is InChI=1S/C19H17Cl2N3O2/c1-11-8-23-18(21)7-15(11)13-6-16(22-9-13)19(26)24-17(10-25)12-3-2-4-14(20)5-12/h2-9,17,22,25H,10H2,1H3,(H,24,26). The molecule has 5 nitrogen and oxygen atoms in total. The number of hydrogen-bond acceptors (Lipinski definition) is 3. The molecule has 2 aromatic heterocycles. The molecule has 3 aromatic rings. The molecule has 0 saturated heterocycles. The van der Waals surface area contributed by atoms with Gasteiger partial charge in [0.05, 0.1) is 12.6 Å². The highest BCUT2D eigenvalue weighted by Crippen LogP contribution is 2.26. The number of hydrogen-bond donors (Lipinski definition) is 3. The van der Waals surface area contributed by atoms with Crippen LogP contribution in [0.5, 0.6) is 0 Å². The Balaban J connectivity index is 1.80. The predicted molar refractivity (Wildman–Crippen MR) is 103 cm³/mol. The first-order valence-electron chi connectivity index (χ1n) is 7.96. The first-order chi connectivity index (χ1) is 12.5. The summed E-state index contributed by atoms with van der Waals surface area (Å²) in [6, 6.07) is 9.96. The average Bonchev–Trinajstić information content (AvgIpc) is 3.11. The second-order valence-corrected chi connectivity index (χ2v) is 6.71. The number of amides is 1. The fraction of sp³-hybridized carbons (Fsp3) is 0.158. The summed E-state index contributed by atoms with van der Waals surface area (Å²) in [6.07, 6.45) is 3.42. The molecule has 7 heteroatoms. The summed E-state index contributed by atoms with van der Waals surface area (Å²) >= 11 is 11.9. The van der Waals surface area contributed by atoms with Crippen LogP contribution in [0.15, 0.2) is 48.8 Å². The van der Waals surface area contributed by atoms with Crippen LogP contribution >= 0.6 is 23.2 Å². The number of benzene rings is 1. The highest BCUT2D eigenvalue weighted by molar-refractivity contribution is 6.30. The highest BCUT2D eigenvalue weighted by Gasteiger charge is 2.17. The Hall–Kier alpha value is -2.34. The molecule has 1 aromatic carbocycles. The molecule has 0 aliphatic heterocycles. The van der Waals surface area contributed by atoms with Crippen LogP contribution in [0, 0.1) is 6.92 Å². The fourth-order valence-corrected chi connectivity index (χ4v) is 3.04. The molecule has 1 amide bonds. The maximum Gasteiger partial charge on any atom is 0.268 e. The number of aromatic amines is 1. The number of aliphatic hydroxyl groups is 1. The van der Waals surface area contributed by atoms with Crippen molar-refractivity contribution in [3.63, 3.8) is 0 Å². The normalized spacial score (nSPS) is 12.0. The van der Waals surface area contributed by atoms with Crippen LogP contribution in [0.2, 0.25) is 10.2 Å². The van der Waals surface area contributed by atoms with Crippen LogP contribution in [0.25, 0.3) is 11.1 Å². The smallest absolute Gasteiger partial charge is 0.268 e. The number of aromatic nitrogens is 2. The molecular weight excluding hydrogens is 373 g/mol. The van der Waals surface area contributed by atoms with Crippen molar-refractivity contribution in [3.05, 3.63) is 75.8 Å². The minimum atomic E-state index is -0.551. The Kier molecular flexibility index (Phi) is 5.61. The minimum absolute atomic E-state index is 0.237. The van der Waals surface area contributed by atoms with Gasteiger partial charge in [0.1, 0.15) is 10.8 Å². The van der Waals surface area contributed by atoms with Gasteiger partial charge in [-0.3, -0.25) is 4.79 Å². The number of halogens is 2. The predicted octanol–water partition coefficient (Wildman–Crippen LogP) is 4.16. The molecule has 0 radical (unpaired) electrons. The van der Waals surface area contributed by atoms with Crippen molar-refractivity contribution in [1.82, 2.24) is 15.3 Å². The maximum atomic E-state index is 12.5. The number of nitrogens with one attached hydrogen (secondary N) is 2. The average molecular weight is 390 g/mol. The van der Waals surface area contributed by atoms with Crippen LogP contribution in [-0.2, 0) is 0 Å². The van der Waals surface area contributed by atoms with Gasteiger partial charge in [-0.2, -0.15) is 0 Å². The molecule has 0 fully saturated rings. The number of aryl methyl sites for hydroxylation is 1. The van der Waals surface area contributed by atoms with E-state index in [1.54, 1.807) is 48.8 Å². The third-order valence-corrected chi connectivity index (χ3v) is 4.49. The van der Waals surface area contributed by atoms with E-state index in [4.69, 9.17) is 23.2 Å². The second-order valence-electron chi connectivity index (χ2n) is 5.89. The fourth-order valence-electron chi connectivity index (χ4n) is 2.68. The monoisotopic (exact) mass is 389 g/mol. The van der Waals surface area contributed by atoms with Crippen molar-refractivity contribution in [1.29, 1.82) is 0 Å². The van der Waals surface area contributed by atoms with Crippen LogP contribution in [0.1, 0.15) is 27.7 Å². The lowest BCUT2D eigenvalue weighted by atomic mass is 10.1. The molecule has 0 aliphatic rings. The summed E-state index contributed by atoms with van der Waals surface area (Å²) in [5, 5.41) is 13.4. The Morgan fingerprint density at radius 3 is 2.85 bits per heavy atom. The third-order valence-electron chi connectivity index (χ3n) is 4.05. The summed E-state index contributed by atoms with van der Waals surface area (Å²) in [5.41, 5.74) is 3.80. The number of carbonyl (C=O) groups is 1. The molecule has 3 rings (SSSR count). The number of carbonyl (C=O) groups excluding carboxylic acids is 1. The minimum Gasteiger partial charge on any atom is -0.394 e. The van der Waals surface area contributed by atoms with Gasteiger partial charge < -0.3 is 15.4 Å². The van der Waals surface area contributed by atoms with Gasteiger partial charge in [0, 0.05) is 23.0 Å².